The van der Waals surface area contributed by atoms with Gasteiger partial charge < -0.3 is 15.1 Å². The van der Waals surface area contributed by atoms with Crippen molar-refractivity contribution >= 4 is 5.95 Å². The van der Waals surface area contributed by atoms with Gasteiger partial charge in [-0.15, -0.1) is 0 Å². The van der Waals surface area contributed by atoms with Gasteiger partial charge in [-0.05, 0) is 0 Å². The molecule has 1 aromatic heterocycles. The molecule has 0 aromatic carbocycles. The molecule has 8 heteroatoms. The molecule has 0 radical (unpaired) electrons. The third-order valence-electron chi connectivity index (χ3n) is 1.59. The smallest absolute Gasteiger partial charge is 0.315 e. The number of aliphatic hydroxyl groups excluding tert-OH is 2. The summed E-state index contributed by atoms with van der Waals surface area (Å²) in [4.78, 5) is 10.5. The molecule has 0 aliphatic heterocycles. The Morgan fingerprint density at radius 3 is 1.80 bits per heavy atom. The average Bonchev–Trinajstić information content (AvgIpc) is 2.16. The Morgan fingerprint density at radius 1 is 0.933 bits per heavy atom. The molecule has 1 heterocycles. The zero-order chi connectivity index (χ0) is 11.3. The molecule has 0 aliphatic rings. The average molecular weight is 220 g/mol. The summed E-state index contributed by atoms with van der Waals surface area (Å²) in [5.74, 6) is -0.247. The zero-order valence-corrected chi connectivity index (χ0v) is 7.77. The van der Waals surface area contributed by atoms with Crippen molar-refractivity contribution in [3.8, 4) is 0 Å². The van der Waals surface area contributed by atoms with Crippen LogP contribution in [0.15, 0.2) is 0 Å². The minimum atomic E-state index is -1.24. The molecule has 1 rings (SSSR count). The van der Waals surface area contributed by atoms with Crippen molar-refractivity contribution in [2.75, 3.05) is 31.2 Å². The van der Waals surface area contributed by atoms with E-state index in [0.29, 0.717) is 0 Å². The SMILES string of the molecule is OCCN(CCO)c1nc(F)nc(F)n1. The van der Waals surface area contributed by atoms with E-state index in [2.05, 4.69) is 15.0 Å². The molecule has 0 bridgehead atoms. The van der Waals surface area contributed by atoms with E-state index in [4.69, 9.17) is 10.2 Å². The van der Waals surface area contributed by atoms with E-state index in [1.54, 1.807) is 0 Å². The molecule has 0 fully saturated rings. The van der Waals surface area contributed by atoms with Crippen LogP contribution in [-0.2, 0) is 0 Å². The van der Waals surface area contributed by atoms with Crippen LogP contribution in [0.3, 0.4) is 0 Å². The number of nitrogens with zero attached hydrogens (tertiary/aromatic N) is 4. The van der Waals surface area contributed by atoms with Gasteiger partial charge in [0.1, 0.15) is 0 Å². The van der Waals surface area contributed by atoms with E-state index in [1.807, 2.05) is 0 Å². The van der Waals surface area contributed by atoms with Crippen LogP contribution in [0.5, 0.6) is 0 Å². The minimum Gasteiger partial charge on any atom is -0.395 e. The van der Waals surface area contributed by atoms with Crippen molar-refractivity contribution in [1.29, 1.82) is 0 Å². The molecule has 0 saturated carbocycles. The van der Waals surface area contributed by atoms with Gasteiger partial charge in [-0.3, -0.25) is 0 Å². The van der Waals surface area contributed by atoms with Crippen LogP contribution in [0.4, 0.5) is 14.7 Å². The first-order valence-electron chi connectivity index (χ1n) is 4.21. The molecular weight excluding hydrogens is 210 g/mol. The van der Waals surface area contributed by atoms with Crippen LogP contribution >= 0.6 is 0 Å². The lowest BCUT2D eigenvalue weighted by Gasteiger charge is -2.19. The van der Waals surface area contributed by atoms with Gasteiger partial charge in [0.25, 0.3) is 0 Å². The van der Waals surface area contributed by atoms with Crippen LogP contribution < -0.4 is 4.90 Å². The molecule has 0 amide bonds. The number of anilines is 1. The lowest BCUT2D eigenvalue weighted by Crippen LogP contribution is -2.32. The van der Waals surface area contributed by atoms with Gasteiger partial charge in [-0.2, -0.15) is 23.7 Å². The predicted molar refractivity (Wildman–Crippen MR) is 46.1 cm³/mol. The summed E-state index contributed by atoms with van der Waals surface area (Å²) in [6, 6.07) is 0. The third kappa shape index (κ3) is 3.33. The van der Waals surface area contributed by atoms with Crippen LogP contribution in [0.1, 0.15) is 0 Å². The summed E-state index contributed by atoms with van der Waals surface area (Å²) >= 11 is 0. The Balaban J connectivity index is 2.88. The number of rotatable bonds is 5. The van der Waals surface area contributed by atoms with Crippen molar-refractivity contribution in [1.82, 2.24) is 15.0 Å². The fourth-order valence-electron chi connectivity index (χ4n) is 1.01. The van der Waals surface area contributed by atoms with Gasteiger partial charge in [-0.25, -0.2) is 0 Å². The molecule has 2 N–H and O–H groups in total. The second-order valence-electron chi connectivity index (χ2n) is 2.61. The summed E-state index contributed by atoms with van der Waals surface area (Å²) in [6.07, 6.45) is -2.48. The largest absolute Gasteiger partial charge is 0.395 e. The predicted octanol–water partition coefficient (Wildman–Crippen LogP) is -1.06. The lowest BCUT2D eigenvalue weighted by molar-refractivity contribution is 0.279. The highest BCUT2D eigenvalue weighted by molar-refractivity contribution is 5.27. The topological polar surface area (TPSA) is 82.4 Å². The van der Waals surface area contributed by atoms with Gasteiger partial charge in [0, 0.05) is 13.1 Å². The fourth-order valence-corrected chi connectivity index (χ4v) is 1.01. The van der Waals surface area contributed by atoms with Crippen LogP contribution in [0, 0.1) is 12.2 Å². The first-order chi connectivity index (χ1) is 7.17. The van der Waals surface area contributed by atoms with Crippen molar-refractivity contribution in [3.63, 3.8) is 0 Å². The van der Waals surface area contributed by atoms with E-state index in [1.165, 1.54) is 4.90 Å². The summed E-state index contributed by atoms with van der Waals surface area (Å²) in [7, 11) is 0. The maximum atomic E-state index is 12.6. The quantitative estimate of drug-likeness (QED) is 0.658. The van der Waals surface area contributed by atoms with Crippen molar-refractivity contribution in [2.45, 2.75) is 0 Å². The highest BCUT2D eigenvalue weighted by Gasteiger charge is 2.12. The molecular formula is C7H10F2N4O2. The van der Waals surface area contributed by atoms with Crippen molar-refractivity contribution in [2.24, 2.45) is 0 Å². The molecule has 0 saturated heterocycles. The Hall–Kier alpha value is -1.41. The standard InChI is InChI=1S/C7H10F2N4O2/c8-5-10-6(9)12-7(11-5)13(1-3-14)2-4-15/h14-15H,1-4H2. The van der Waals surface area contributed by atoms with E-state index < -0.39 is 12.2 Å². The van der Waals surface area contributed by atoms with Crippen molar-refractivity contribution in [3.05, 3.63) is 12.2 Å². The molecule has 84 valence electrons. The Bertz CT molecular complexity index is 300. The zero-order valence-electron chi connectivity index (χ0n) is 7.77. The molecule has 0 atom stereocenters. The van der Waals surface area contributed by atoms with Crippen LogP contribution in [-0.4, -0.2) is 51.5 Å². The van der Waals surface area contributed by atoms with Crippen LogP contribution in [0.25, 0.3) is 0 Å². The van der Waals surface area contributed by atoms with Gasteiger partial charge >= 0.3 is 12.2 Å². The molecule has 6 nitrogen and oxygen atoms in total. The summed E-state index contributed by atoms with van der Waals surface area (Å²) < 4.78 is 25.2. The number of halogens is 2. The highest BCUT2D eigenvalue weighted by atomic mass is 19.1. The number of hydrogen-bond acceptors (Lipinski definition) is 6. The molecule has 15 heavy (non-hydrogen) atoms. The van der Waals surface area contributed by atoms with Gasteiger partial charge in [0.15, 0.2) is 0 Å². The van der Waals surface area contributed by atoms with E-state index in [9.17, 15) is 8.78 Å². The Morgan fingerprint density at radius 2 is 1.40 bits per heavy atom. The van der Waals surface area contributed by atoms with Gasteiger partial charge in [0.05, 0.1) is 13.2 Å². The molecule has 0 aliphatic carbocycles. The Kier molecular flexibility index (Phi) is 4.25. The third-order valence-corrected chi connectivity index (χ3v) is 1.59. The summed E-state index contributed by atoms with van der Waals surface area (Å²) in [5, 5.41) is 17.4. The number of hydrogen-bond donors (Lipinski definition) is 2. The Labute approximate surface area is 84.2 Å². The van der Waals surface area contributed by atoms with E-state index in [0.717, 1.165) is 0 Å². The normalized spacial score (nSPS) is 10.4. The van der Waals surface area contributed by atoms with Crippen molar-refractivity contribution < 1.29 is 19.0 Å². The second kappa shape index (κ2) is 5.47. The van der Waals surface area contributed by atoms with Crippen LogP contribution in [0.2, 0.25) is 0 Å². The number of aromatic nitrogens is 3. The van der Waals surface area contributed by atoms with E-state index in [-0.39, 0.29) is 32.3 Å². The number of aliphatic hydroxyl groups is 2. The summed E-state index contributed by atoms with van der Waals surface area (Å²) in [5.41, 5.74) is 0. The monoisotopic (exact) mass is 220 g/mol. The first-order valence-corrected chi connectivity index (χ1v) is 4.21. The van der Waals surface area contributed by atoms with Gasteiger partial charge in [0.2, 0.25) is 5.95 Å². The molecule has 1 aromatic rings. The first kappa shape index (κ1) is 11.7. The lowest BCUT2D eigenvalue weighted by atomic mass is 10.5. The minimum absolute atomic E-state index is 0.0729. The molecule has 0 spiro atoms. The maximum absolute atomic E-state index is 12.6. The second-order valence-corrected chi connectivity index (χ2v) is 2.61. The van der Waals surface area contributed by atoms with Gasteiger partial charge in [-0.1, -0.05) is 0 Å². The molecule has 0 unspecified atom stereocenters. The maximum Gasteiger partial charge on any atom is 0.315 e. The fraction of sp³-hybridized carbons (Fsp3) is 0.571. The highest BCUT2D eigenvalue weighted by Crippen LogP contribution is 2.06. The van der Waals surface area contributed by atoms with E-state index >= 15 is 0 Å². The summed E-state index contributed by atoms with van der Waals surface area (Å²) in [6.45, 7) is -0.337.